The van der Waals surface area contributed by atoms with Gasteiger partial charge in [0.15, 0.2) is 0 Å². The van der Waals surface area contributed by atoms with Crippen LogP contribution in [0.3, 0.4) is 0 Å². The molecule has 0 unspecified atom stereocenters. The summed E-state index contributed by atoms with van der Waals surface area (Å²) in [6, 6.07) is 3.79. The summed E-state index contributed by atoms with van der Waals surface area (Å²) in [5.74, 6) is 0.725. The third-order valence-electron chi connectivity index (χ3n) is 4.31. The van der Waals surface area contributed by atoms with Crippen LogP contribution in [-0.4, -0.2) is 38.4 Å². The number of carbonyl (C=O) groups is 2. The molecule has 1 aromatic rings. The molecule has 1 aliphatic heterocycles. The highest BCUT2D eigenvalue weighted by molar-refractivity contribution is 8.24. The van der Waals surface area contributed by atoms with Crippen molar-refractivity contribution >= 4 is 35.5 Å². The molecule has 0 saturated heterocycles. The Morgan fingerprint density at radius 3 is 2.15 bits per heavy atom. The van der Waals surface area contributed by atoms with E-state index in [9.17, 15) is 14.9 Å². The van der Waals surface area contributed by atoms with Crippen LogP contribution in [0.1, 0.15) is 45.1 Å². The number of esters is 2. The number of fused-ring (bicyclic) bond motifs is 1. The first-order chi connectivity index (χ1) is 15.9. The fourth-order valence-corrected chi connectivity index (χ4v) is 5.45. The molecule has 1 aliphatic rings. The molecule has 1 heterocycles. The van der Waals surface area contributed by atoms with Gasteiger partial charge in [-0.25, -0.2) is 10.1 Å². The van der Waals surface area contributed by atoms with Crippen molar-refractivity contribution < 1.29 is 28.5 Å². The number of benzene rings is 1. The molecular formula is C23H26N2O6S2. The van der Waals surface area contributed by atoms with Gasteiger partial charge >= 0.3 is 11.9 Å². The molecule has 0 aromatic heterocycles. The molecule has 0 radical (unpaired) electrons. The van der Waals surface area contributed by atoms with E-state index in [4.69, 9.17) is 25.5 Å². The number of hydrogen-bond acceptors (Lipinski definition) is 9. The third-order valence-corrected chi connectivity index (χ3v) is 6.90. The van der Waals surface area contributed by atoms with Crippen molar-refractivity contribution in [3.05, 3.63) is 33.0 Å². The van der Waals surface area contributed by atoms with Crippen molar-refractivity contribution in [3.8, 4) is 17.6 Å². The average molecular weight is 491 g/mol. The van der Waals surface area contributed by atoms with Gasteiger partial charge in [-0.3, -0.25) is 9.59 Å². The van der Waals surface area contributed by atoms with Gasteiger partial charge in [0.05, 0.1) is 53.1 Å². The van der Waals surface area contributed by atoms with Crippen molar-refractivity contribution in [1.29, 1.82) is 5.26 Å². The number of nitriles is 1. The summed E-state index contributed by atoms with van der Waals surface area (Å²) in [4.78, 5) is 28.0. The molecule has 1 aromatic carbocycles. The topological polar surface area (TPSA) is 99.2 Å². The Bertz CT molecular complexity index is 978. The molecule has 0 spiro atoms. The number of hydrogen-bond donors (Lipinski definition) is 0. The van der Waals surface area contributed by atoms with Crippen LogP contribution in [0, 0.1) is 24.8 Å². The Morgan fingerprint density at radius 2 is 1.61 bits per heavy atom. The molecule has 0 fully saturated rings. The summed E-state index contributed by atoms with van der Waals surface area (Å²) in [5.41, 5.74) is 0.848. The van der Waals surface area contributed by atoms with Crippen LogP contribution in [0.5, 0.6) is 11.5 Å². The van der Waals surface area contributed by atoms with E-state index in [0.29, 0.717) is 55.0 Å². The van der Waals surface area contributed by atoms with E-state index in [0.717, 1.165) is 15.4 Å². The Morgan fingerprint density at radius 1 is 1.03 bits per heavy atom. The summed E-state index contributed by atoms with van der Waals surface area (Å²) in [6.45, 7) is 14.0. The van der Waals surface area contributed by atoms with Gasteiger partial charge in [-0.05, 0) is 45.2 Å². The second-order valence-electron chi connectivity index (χ2n) is 6.76. The minimum Gasteiger partial charge on any atom is -0.492 e. The Hall–Kier alpha value is -2.82. The Kier molecular flexibility index (Phi) is 10.9. The number of allylic oxidation sites excluding steroid dienone is 1. The molecule has 2 rings (SSSR count). The van der Waals surface area contributed by atoms with Gasteiger partial charge in [0.25, 0.3) is 5.70 Å². The SMILES string of the molecule is [C-]#[N+]/C(C#N)=C1\Sc2c(OCCCC(=O)OCC)cc(C)c(OCCCC(=O)OCC)c2S1. The number of aryl methyl sites for hydroxylation is 1. The van der Waals surface area contributed by atoms with Crippen LogP contribution in [0.15, 0.2) is 25.8 Å². The number of carbonyl (C=O) groups excluding carboxylic acids is 2. The molecule has 0 amide bonds. The summed E-state index contributed by atoms with van der Waals surface area (Å²) in [6.07, 6.45) is 1.54. The van der Waals surface area contributed by atoms with E-state index in [1.54, 1.807) is 13.8 Å². The molecular weight excluding hydrogens is 464 g/mol. The Labute approximate surface area is 202 Å². The lowest BCUT2D eigenvalue weighted by Crippen LogP contribution is -2.08. The molecule has 0 atom stereocenters. The first-order valence-corrected chi connectivity index (χ1v) is 12.2. The molecule has 0 aliphatic carbocycles. The van der Waals surface area contributed by atoms with Crippen LogP contribution in [0.2, 0.25) is 0 Å². The molecule has 176 valence electrons. The molecule has 0 saturated carbocycles. The monoisotopic (exact) mass is 490 g/mol. The van der Waals surface area contributed by atoms with Gasteiger partial charge in [0, 0.05) is 12.8 Å². The predicted molar refractivity (Wildman–Crippen MR) is 125 cm³/mol. The minimum atomic E-state index is -0.264. The molecule has 0 bridgehead atoms. The fraction of sp³-hybridized carbons (Fsp3) is 0.478. The van der Waals surface area contributed by atoms with Crippen molar-refractivity contribution in [1.82, 2.24) is 0 Å². The highest BCUT2D eigenvalue weighted by atomic mass is 32.2. The van der Waals surface area contributed by atoms with Gasteiger partial charge in [0.2, 0.25) is 0 Å². The normalized spacial score (nSPS) is 13.4. The van der Waals surface area contributed by atoms with Crippen LogP contribution >= 0.6 is 23.5 Å². The summed E-state index contributed by atoms with van der Waals surface area (Å²) < 4.78 is 22.4. The van der Waals surface area contributed by atoms with Gasteiger partial charge in [0.1, 0.15) is 11.5 Å². The van der Waals surface area contributed by atoms with Crippen LogP contribution in [0.4, 0.5) is 0 Å². The summed E-state index contributed by atoms with van der Waals surface area (Å²) >= 11 is 2.61. The van der Waals surface area contributed by atoms with E-state index in [1.807, 2.05) is 19.1 Å². The van der Waals surface area contributed by atoms with E-state index in [2.05, 4.69) is 4.85 Å². The number of rotatable bonds is 12. The molecule has 33 heavy (non-hydrogen) atoms. The lowest BCUT2D eigenvalue weighted by Gasteiger charge is -2.16. The first-order valence-electron chi connectivity index (χ1n) is 10.6. The highest BCUT2D eigenvalue weighted by Crippen LogP contribution is 2.59. The van der Waals surface area contributed by atoms with Gasteiger partial charge in [-0.1, -0.05) is 23.5 Å². The Balaban J connectivity index is 2.17. The second kappa shape index (κ2) is 13.7. The zero-order valence-corrected chi connectivity index (χ0v) is 20.5. The zero-order chi connectivity index (χ0) is 24.2. The lowest BCUT2D eigenvalue weighted by molar-refractivity contribution is -0.144. The van der Waals surface area contributed by atoms with Crippen molar-refractivity contribution in [3.63, 3.8) is 0 Å². The van der Waals surface area contributed by atoms with Crippen molar-refractivity contribution in [2.45, 2.75) is 56.2 Å². The third kappa shape index (κ3) is 7.62. The zero-order valence-electron chi connectivity index (χ0n) is 18.9. The van der Waals surface area contributed by atoms with E-state index in [1.165, 1.54) is 23.5 Å². The van der Waals surface area contributed by atoms with Crippen LogP contribution in [-0.2, 0) is 19.1 Å². The summed E-state index contributed by atoms with van der Waals surface area (Å²) in [5, 5.41) is 9.30. The largest absolute Gasteiger partial charge is 0.492 e. The van der Waals surface area contributed by atoms with Crippen LogP contribution < -0.4 is 9.47 Å². The van der Waals surface area contributed by atoms with E-state index >= 15 is 0 Å². The molecule has 0 N–H and O–H groups in total. The predicted octanol–water partition coefficient (Wildman–Crippen LogP) is 5.25. The van der Waals surface area contributed by atoms with Crippen molar-refractivity contribution in [2.75, 3.05) is 26.4 Å². The molecule has 8 nitrogen and oxygen atoms in total. The van der Waals surface area contributed by atoms with Gasteiger partial charge in [-0.15, -0.1) is 0 Å². The van der Waals surface area contributed by atoms with E-state index < -0.39 is 0 Å². The maximum absolute atomic E-state index is 11.5. The smallest absolute Gasteiger partial charge is 0.305 e. The van der Waals surface area contributed by atoms with Crippen LogP contribution in [0.25, 0.3) is 4.85 Å². The number of nitrogens with zero attached hydrogens (tertiary/aromatic N) is 2. The second-order valence-corrected chi connectivity index (χ2v) is 9.06. The molecule has 10 heteroatoms. The van der Waals surface area contributed by atoms with Gasteiger partial charge in [-0.2, -0.15) is 0 Å². The lowest BCUT2D eigenvalue weighted by atomic mass is 10.2. The summed E-state index contributed by atoms with van der Waals surface area (Å²) in [7, 11) is 0. The first kappa shape index (κ1) is 26.4. The quantitative estimate of drug-likeness (QED) is 0.168. The average Bonchev–Trinajstić information content (AvgIpc) is 3.22. The fourth-order valence-electron chi connectivity index (χ4n) is 2.87. The maximum atomic E-state index is 11.5. The maximum Gasteiger partial charge on any atom is 0.305 e. The van der Waals surface area contributed by atoms with E-state index in [-0.39, 0.29) is 30.5 Å². The van der Waals surface area contributed by atoms with Gasteiger partial charge < -0.3 is 18.9 Å². The standard InChI is InChI=1S/C23H26N2O6S2/c1-5-28-18(26)9-7-11-30-17-13-15(3)20(31-12-8-10-19(27)29-6-2)22-21(17)32-23(33-22)16(14-24)25-4/h13H,5-12H2,1-3H3/b23-16+. The minimum absolute atomic E-state index is 0.0142. The highest BCUT2D eigenvalue weighted by Gasteiger charge is 2.30. The van der Waals surface area contributed by atoms with Crippen molar-refractivity contribution in [2.24, 2.45) is 0 Å². The number of ether oxygens (including phenoxy) is 4. The number of thioether (sulfide) groups is 2.